The maximum absolute atomic E-state index is 5.77. The summed E-state index contributed by atoms with van der Waals surface area (Å²) in [5, 5.41) is 3.79. The predicted octanol–water partition coefficient (Wildman–Crippen LogP) is 3.34. The average molecular weight is 335 g/mol. The molecule has 4 heteroatoms. The molecule has 1 aromatic carbocycles. The second-order valence-corrected chi connectivity index (χ2v) is 7.92. The van der Waals surface area contributed by atoms with Gasteiger partial charge in [-0.3, -0.25) is 0 Å². The molecule has 1 saturated carbocycles. The first-order valence-electron chi connectivity index (χ1n) is 8.93. The molecule has 1 fully saturated rings. The highest BCUT2D eigenvalue weighted by Crippen LogP contribution is 2.47. The normalized spacial score (nSPS) is 26.9. The van der Waals surface area contributed by atoms with E-state index >= 15 is 0 Å². The minimum atomic E-state index is 0.164. The zero-order valence-electron chi connectivity index (χ0n) is 16.3. The highest BCUT2D eigenvalue weighted by atomic mass is 16.5. The second-order valence-electron chi connectivity index (χ2n) is 7.92. The minimum absolute atomic E-state index is 0.164. The van der Waals surface area contributed by atoms with Gasteiger partial charge >= 0.3 is 0 Å². The Morgan fingerprint density at radius 2 is 1.83 bits per heavy atom. The monoisotopic (exact) mass is 334 g/mol. The molecule has 0 aromatic heterocycles. The maximum Gasteiger partial charge on any atom is 0.119 e. The van der Waals surface area contributed by atoms with Crippen molar-refractivity contribution in [2.75, 3.05) is 34.4 Å². The molecule has 1 aliphatic carbocycles. The van der Waals surface area contributed by atoms with E-state index < -0.39 is 0 Å². The Labute approximate surface area is 147 Å². The fourth-order valence-electron chi connectivity index (χ4n) is 4.04. The molecule has 0 spiro atoms. The van der Waals surface area contributed by atoms with Gasteiger partial charge < -0.3 is 19.7 Å². The third kappa shape index (κ3) is 4.11. The van der Waals surface area contributed by atoms with Gasteiger partial charge in [0.15, 0.2) is 0 Å². The van der Waals surface area contributed by atoms with Gasteiger partial charge in [0.2, 0.25) is 0 Å². The van der Waals surface area contributed by atoms with Crippen LogP contribution in [-0.2, 0) is 4.74 Å². The Hall–Kier alpha value is -1.10. The van der Waals surface area contributed by atoms with Crippen molar-refractivity contribution >= 4 is 0 Å². The number of hydrogen-bond acceptors (Lipinski definition) is 4. The van der Waals surface area contributed by atoms with Crippen LogP contribution in [0.1, 0.15) is 39.3 Å². The molecule has 1 aliphatic rings. The first-order chi connectivity index (χ1) is 11.3. The van der Waals surface area contributed by atoms with Gasteiger partial charge in [0, 0.05) is 31.2 Å². The molecule has 0 saturated heterocycles. The number of benzene rings is 1. The van der Waals surface area contributed by atoms with Gasteiger partial charge in [0.1, 0.15) is 12.4 Å². The van der Waals surface area contributed by atoms with Gasteiger partial charge in [-0.05, 0) is 44.6 Å². The van der Waals surface area contributed by atoms with Crippen molar-refractivity contribution in [1.29, 1.82) is 0 Å². The highest BCUT2D eigenvalue weighted by Gasteiger charge is 2.54. The SMILES string of the molecule is CO[C@@H]1[C@H](C)[C@H](N[C@H](C)c2ccc(OCCN(C)C)cc2)C1(C)C. The molecule has 0 unspecified atom stereocenters. The molecule has 1 aromatic rings. The first-order valence-corrected chi connectivity index (χ1v) is 8.93. The summed E-state index contributed by atoms with van der Waals surface area (Å²) in [6.45, 7) is 10.7. The number of nitrogens with one attached hydrogen (secondary N) is 1. The molecule has 4 atom stereocenters. The summed E-state index contributed by atoms with van der Waals surface area (Å²) >= 11 is 0. The molecule has 0 amide bonds. The van der Waals surface area contributed by atoms with Crippen molar-refractivity contribution < 1.29 is 9.47 Å². The van der Waals surface area contributed by atoms with Crippen molar-refractivity contribution in [3.05, 3.63) is 29.8 Å². The van der Waals surface area contributed by atoms with Crippen LogP contribution in [0, 0.1) is 11.3 Å². The summed E-state index contributed by atoms with van der Waals surface area (Å²) in [5.74, 6) is 1.46. The van der Waals surface area contributed by atoms with E-state index in [1.807, 2.05) is 7.11 Å². The van der Waals surface area contributed by atoms with Gasteiger partial charge in [-0.25, -0.2) is 0 Å². The third-order valence-corrected chi connectivity index (χ3v) is 5.41. The van der Waals surface area contributed by atoms with Gasteiger partial charge in [-0.1, -0.05) is 32.9 Å². The summed E-state index contributed by atoms with van der Waals surface area (Å²) in [4.78, 5) is 2.12. The lowest BCUT2D eigenvalue weighted by Gasteiger charge is -2.57. The molecule has 0 aliphatic heterocycles. The smallest absolute Gasteiger partial charge is 0.119 e. The van der Waals surface area contributed by atoms with E-state index in [-0.39, 0.29) is 5.41 Å². The second kappa shape index (κ2) is 7.85. The van der Waals surface area contributed by atoms with Crippen LogP contribution in [0.4, 0.5) is 0 Å². The summed E-state index contributed by atoms with van der Waals surface area (Å²) in [7, 11) is 5.92. The van der Waals surface area contributed by atoms with Gasteiger partial charge in [0.05, 0.1) is 6.10 Å². The van der Waals surface area contributed by atoms with Crippen LogP contribution >= 0.6 is 0 Å². The van der Waals surface area contributed by atoms with E-state index in [0.29, 0.717) is 30.7 Å². The van der Waals surface area contributed by atoms with Crippen molar-refractivity contribution in [1.82, 2.24) is 10.2 Å². The maximum atomic E-state index is 5.77. The van der Waals surface area contributed by atoms with E-state index in [9.17, 15) is 0 Å². The fourth-order valence-corrected chi connectivity index (χ4v) is 4.04. The van der Waals surface area contributed by atoms with E-state index in [2.05, 4.69) is 76.3 Å². The van der Waals surface area contributed by atoms with E-state index in [4.69, 9.17) is 9.47 Å². The molecule has 136 valence electrons. The van der Waals surface area contributed by atoms with E-state index in [0.717, 1.165) is 12.3 Å². The van der Waals surface area contributed by atoms with Crippen LogP contribution < -0.4 is 10.1 Å². The molecule has 2 rings (SSSR count). The van der Waals surface area contributed by atoms with Crippen LogP contribution in [-0.4, -0.2) is 51.4 Å². The molecular formula is C20H34N2O2. The summed E-state index contributed by atoms with van der Waals surface area (Å²) < 4.78 is 11.4. The van der Waals surface area contributed by atoms with Crippen LogP contribution in [0.15, 0.2) is 24.3 Å². The molecule has 1 N–H and O–H groups in total. The Bertz CT molecular complexity index is 513. The lowest BCUT2D eigenvalue weighted by molar-refractivity contribution is -0.147. The van der Waals surface area contributed by atoms with Crippen molar-refractivity contribution in [2.24, 2.45) is 11.3 Å². The standard InChI is InChI=1S/C20H34N2O2/c1-14-18(20(3,4)19(14)23-7)21-15(2)16-8-10-17(11-9-16)24-13-12-22(5)6/h8-11,14-15,18-19,21H,12-13H2,1-7H3/t14-,15-,18+,19-/m1/s1. The summed E-state index contributed by atoms with van der Waals surface area (Å²) in [5.41, 5.74) is 1.45. The lowest BCUT2D eigenvalue weighted by Crippen LogP contribution is -2.67. The third-order valence-electron chi connectivity index (χ3n) is 5.41. The van der Waals surface area contributed by atoms with E-state index in [1.54, 1.807) is 0 Å². The number of hydrogen-bond donors (Lipinski definition) is 1. The Kier molecular flexibility index (Phi) is 6.29. The van der Waals surface area contributed by atoms with Crippen LogP contribution in [0.3, 0.4) is 0 Å². The number of methoxy groups -OCH3 is 1. The molecule has 24 heavy (non-hydrogen) atoms. The molecule has 0 heterocycles. The summed E-state index contributed by atoms with van der Waals surface area (Å²) in [6.07, 6.45) is 0.328. The lowest BCUT2D eigenvalue weighted by atomic mass is 9.57. The Morgan fingerprint density at radius 3 is 2.33 bits per heavy atom. The quantitative estimate of drug-likeness (QED) is 0.790. The largest absolute Gasteiger partial charge is 0.492 e. The van der Waals surface area contributed by atoms with Crippen molar-refractivity contribution in [3.8, 4) is 5.75 Å². The highest BCUT2D eigenvalue weighted by molar-refractivity contribution is 5.29. The number of nitrogens with zero attached hydrogens (tertiary/aromatic N) is 1. The van der Waals surface area contributed by atoms with Crippen molar-refractivity contribution in [3.63, 3.8) is 0 Å². The van der Waals surface area contributed by atoms with Gasteiger partial charge in [0.25, 0.3) is 0 Å². The Balaban J connectivity index is 1.90. The molecule has 4 nitrogen and oxygen atoms in total. The molecule has 0 radical (unpaired) electrons. The zero-order chi connectivity index (χ0) is 17.9. The van der Waals surface area contributed by atoms with Gasteiger partial charge in [-0.2, -0.15) is 0 Å². The average Bonchev–Trinajstić information content (AvgIpc) is 2.53. The van der Waals surface area contributed by atoms with Crippen LogP contribution in [0.2, 0.25) is 0 Å². The minimum Gasteiger partial charge on any atom is -0.492 e. The topological polar surface area (TPSA) is 33.7 Å². The fraction of sp³-hybridized carbons (Fsp3) is 0.700. The zero-order valence-corrected chi connectivity index (χ0v) is 16.3. The van der Waals surface area contributed by atoms with Gasteiger partial charge in [-0.15, -0.1) is 0 Å². The number of ether oxygens (including phenoxy) is 2. The summed E-state index contributed by atoms with van der Waals surface area (Å²) in [6, 6.07) is 9.23. The first kappa shape index (κ1) is 19.2. The van der Waals surface area contributed by atoms with Crippen LogP contribution in [0.5, 0.6) is 5.75 Å². The van der Waals surface area contributed by atoms with Crippen LogP contribution in [0.25, 0.3) is 0 Å². The predicted molar refractivity (Wildman–Crippen MR) is 99.6 cm³/mol. The van der Waals surface area contributed by atoms with E-state index in [1.165, 1.54) is 5.56 Å². The number of rotatable bonds is 8. The molecule has 0 bridgehead atoms. The number of likely N-dealkylation sites (N-methyl/N-ethyl adjacent to an activating group) is 1. The van der Waals surface area contributed by atoms with Crippen molar-refractivity contribution in [2.45, 2.75) is 45.9 Å². The Morgan fingerprint density at radius 1 is 1.21 bits per heavy atom. The molecular weight excluding hydrogens is 300 g/mol.